The summed E-state index contributed by atoms with van der Waals surface area (Å²) in [5, 5.41) is 3.20. The Labute approximate surface area is 203 Å². The van der Waals surface area contributed by atoms with Crippen LogP contribution < -0.4 is 14.8 Å². The number of nitrogens with zero attached hydrogens (tertiary/aromatic N) is 1. The molecule has 0 saturated heterocycles. The third kappa shape index (κ3) is 6.75. The lowest BCUT2D eigenvalue weighted by atomic mass is 10.0. The Morgan fingerprint density at radius 1 is 1.00 bits per heavy atom. The average molecular weight is 467 g/mol. The van der Waals surface area contributed by atoms with Crippen LogP contribution in [0.2, 0.25) is 0 Å². The number of nitrogens with one attached hydrogen (secondary N) is 1. The van der Waals surface area contributed by atoms with Crippen molar-refractivity contribution in [2.75, 3.05) is 14.2 Å². The number of benzene rings is 2. The summed E-state index contributed by atoms with van der Waals surface area (Å²) < 4.78 is 10.7. The Balaban J connectivity index is 1.76. The van der Waals surface area contributed by atoms with Crippen LogP contribution in [-0.2, 0) is 22.6 Å². The molecule has 0 heterocycles. The van der Waals surface area contributed by atoms with Gasteiger partial charge < -0.3 is 19.7 Å². The molecule has 0 aliphatic heterocycles. The number of hydrogen-bond donors (Lipinski definition) is 1. The van der Waals surface area contributed by atoms with Gasteiger partial charge in [0.25, 0.3) is 0 Å². The molecule has 0 unspecified atom stereocenters. The van der Waals surface area contributed by atoms with Crippen molar-refractivity contribution in [3.63, 3.8) is 0 Å². The number of carbonyl (C=O) groups excluding carboxylic acids is 2. The molecule has 1 aliphatic carbocycles. The highest BCUT2D eigenvalue weighted by Gasteiger charge is 2.30. The zero-order chi connectivity index (χ0) is 24.5. The van der Waals surface area contributed by atoms with Crippen molar-refractivity contribution in [2.45, 2.75) is 77.4 Å². The number of rotatable bonds is 11. The summed E-state index contributed by atoms with van der Waals surface area (Å²) in [7, 11) is 3.20. The van der Waals surface area contributed by atoms with Crippen LogP contribution in [0.1, 0.15) is 62.1 Å². The maximum Gasteiger partial charge on any atom is 0.243 e. The molecule has 0 aromatic heterocycles. The summed E-state index contributed by atoms with van der Waals surface area (Å²) in [6.45, 7) is 4.43. The van der Waals surface area contributed by atoms with Gasteiger partial charge in [0.15, 0.2) is 11.5 Å². The Kier molecular flexibility index (Phi) is 9.37. The predicted octanol–water partition coefficient (Wildman–Crippen LogP) is 4.81. The molecule has 1 N–H and O–H groups in total. The van der Waals surface area contributed by atoms with Crippen LogP contribution in [0.4, 0.5) is 0 Å². The summed E-state index contributed by atoms with van der Waals surface area (Å²) in [4.78, 5) is 28.5. The SMILES string of the molecule is CC[C@@H](C(=O)NC1CCCC1)N(Cc1ccc(C)cc1)C(=O)CCc1ccc(OC)c(OC)c1. The molecule has 3 rings (SSSR count). The van der Waals surface area contributed by atoms with E-state index in [1.54, 1.807) is 19.1 Å². The normalized spacial score (nSPS) is 14.5. The van der Waals surface area contributed by atoms with E-state index >= 15 is 0 Å². The zero-order valence-electron chi connectivity index (χ0n) is 20.9. The number of methoxy groups -OCH3 is 2. The molecule has 2 amide bonds. The molecule has 6 heteroatoms. The van der Waals surface area contributed by atoms with Crippen LogP contribution >= 0.6 is 0 Å². The van der Waals surface area contributed by atoms with Gasteiger partial charge in [-0.25, -0.2) is 0 Å². The third-order valence-corrected chi connectivity index (χ3v) is 6.64. The second-order valence-corrected chi connectivity index (χ2v) is 9.11. The van der Waals surface area contributed by atoms with Gasteiger partial charge >= 0.3 is 0 Å². The van der Waals surface area contributed by atoms with Gasteiger partial charge in [-0.3, -0.25) is 9.59 Å². The highest BCUT2D eigenvalue weighted by molar-refractivity contribution is 5.88. The maximum absolute atomic E-state index is 13.5. The Bertz CT molecular complexity index is 951. The van der Waals surface area contributed by atoms with E-state index in [9.17, 15) is 9.59 Å². The molecule has 184 valence electrons. The number of hydrogen-bond acceptors (Lipinski definition) is 4. The lowest BCUT2D eigenvalue weighted by Gasteiger charge is -2.31. The van der Waals surface area contributed by atoms with Gasteiger partial charge in [0.2, 0.25) is 11.8 Å². The molecule has 2 aromatic rings. The molecule has 2 aromatic carbocycles. The van der Waals surface area contributed by atoms with E-state index in [0.29, 0.717) is 37.3 Å². The van der Waals surface area contributed by atoms with Crippen LogP contribution in [0.5, 0.6) is 11.5 Å². The molecule has 1 atom stereocenters. The summed E-state index contributed by atoms with van der Waals surface area (Å²) in [5.74, 6) is 1.24. The van der Waals surface area contributed by atoms with E-state index in [1.807, 2.05) is 56.3 Å². The number of carbonyl (C=O) groups is 2. The van der Waals surface area contributed by atoms with Crippen molar-refractivity contribution < 1.29 is 19.1 Å². The van der Waals surface area contributed by atoms with E-state index in [-0.39, 0.29) is 17.9 Å². The first-order valence-electron chi connectivity index (χ1n) is 12.3. The standard InChI is InChI=1S/C28H38N2O4/c1-5-24(28(32)29-23-8-6-7-9-23)30(19-22-12-10-20(2)11-13-22)27(31)17-15-21-14-16-25(33-3)26(18-21)34-4/h10-14,16,18,23-24H,5-9,15,17,19H2,1-4H3,(H,29,32)/t24-/m0/s1. The zero-order valence-corrected chi connectivity index (χ0v) is 20.9. The number of amides is 2. The molecule has 1 saturated carbocycles. The van der Waals surface area contributed by atoms with Crippen LogP contribution in [0.15, 0.2) is 42.5 Å². The van der Waals surface area contributed by atoms with Crippen molar-refractivity contribution in [2.24, 2.45) is 0 Å². The highest BCUT2D eigenvalue weighted by Crippen LogP contribution is 2.28. The Morgan fingerprint density at radius 3 is 2.26 bits per heavy atom. The van der Waals surface area contributed by atoms with Gasteiger partial charge in [0.05, 0.1) is 14.2 Å². The minimum Gasteiger partial charge on any atom is -0.493 e. The molecule has 0 bridgehead atoms. The Morgan fingerprint density at radius 2 is 1.65 bits per heavy atom. The minimum atomic E-state index is -0.486. The summed E-state index contributed by atoms with van der Waals surface area (Å²) in [6.07, 6.45) is 5.80. The molecule has 0 radical (unpaired) electrons. The van der Waals surface area contributed by atoms with Gasteiger partial charge in [-0.2, -0.15) is 0 Å². The molecule has 1 fully saturated rings. The first-order valence-corrected chi connectivity index (χ1v) is 12.3. The molecule has 34 heavy (non-hydrogen) atoms. The summed E-state index contributed by atoms with van der Waals surface area (Å²) >= 11 is 0. The number of aryl methyl sites for hydroxylation is 2. The van der Waals surface area contributed by atoms with E-state index < -0.39 is 6.04 Å². The first kappa shape index (κ1) is 25.6. The third-order valence-electron chi connectivity index (χ3n) is 6.64. The smallest absolute Gasteiger partial charge is 0.243 e. The topological polar surface area (TPSA) is 67.9 Å². The lowest BCUT2D eigenvalue weighted by Crippen LogP contribution is -2.51. The second kappa shape index (κ2) is 12.4. The fourth-order valence-corrected chi connectivity index (χ4v) is 4.61. The molecular weight excluding hydrogens is 428 g/mol. The minimum absolute atomic E-state index is 0.0243. The van der Waals surface area contributed by atoms with E-state index in [2.05, 4.69) is 5.32 Å². The molecule has 1 aliphatic rings. The molecular formula is C28H38N2O4. The number of ether oxygens (including phenoxy) is 2. The van der Waals surface area contributed by atoms with Crippen molar-refractivity contribution >= 4 is 11.8 Å². The quantitative estimate of drug-likeness (QED) is 0.516. The van der Waals surface area contributed by atoms with Gasteiger partial charge in [-0.1, -0.05) is 55.7 Å². The summed E-state index contributed by atoms with van der Waals surface area (Å²) in [6, 6.07) is 13.6. The van der Waals surface area contributed by atoms with Crippen LogP contribution in [0.3, 0.4) is 0 Å². The van der Waals surface area contributed by atoms with Gasteiger partial charge in [0.1, 0.15) is 6.04 Å². The van der Waals surface area contributed by atoms with Crippen molar-refractivity contribution in [1.29, 1.82) is 0 Å². The second-order valence-electron chi connectivity index (χ2n) is 9.11. The largest absolute Gasteiger partial charge is 0.493 e. The predicted molar refractivity (Wildman–Crippen MR) is 134 cm³/mol. The van der Waals surface area contributed by atoms with Gasteiger partial charge in [0, 0.05) is 19.0 Å². The first-order chi connectivity index (χ1) is 16.4. The summed E-state index contributed by atoms with van der Waals surface area (Å²) in [5.41, 5.74) is 3.18. The maximum atomic E-state index is 13.5. The van der Waals surface area contributed by atoms with Crippen molar-refractivity contribution in [1.82, 2.24) is 10.2 Å². The lowest BCUT2D eigenvalue weighted by molar-refractivity contribution is -0.141. The molecule has 6 nitrogen and oxygen atoms in total. The van der Waals surface area contributed by atoms with Crippen molar-refractivity contribution in [3.8, 4) is 11.5 Å². The van der Waals surface area contributed by atoms with Crippen LogP contribution in [-0.4, -0.2) is 43.0 Å². The fourth-order valence-electron chi connectivity index (χ4n) is 4.61. The van der Waals surface area contributed by atoms with Gasteiger partial charge in [-0.15, -0.1) is 0 Å². The highest BCUT2D eigenvalue weighted by atomic mass is 16.5. The van der Waals surface area contributed by atoms with E-state index in [0.717, 1.165) is 36.8 Å². The van der Waals surface area contributed by atoms with Crippen LogP contribution in [0, 0.1) is 6.92 Å². The van der Waals surface area contributed by atoms with Crippen molar-refractivity contribution in [3.05, 3.63) is 59.2 Å². The fraction of sp³-hybridized carbons (Fsp3) is 0.500. The Hall–Kier alpha value is -3.02. The van der Waals surface area contributed by atoms with Gasteiger partial charge in [-0.05, 0) is 55.9 Å². The monoisotopic (exact) mass is 466 g/mol. The average Bonchev–Trinajstić information content (AvgIpc) is 3.36. The van der Waals surface area contributed by atoms with E-state index in [1.165, 1.54) is 5.56 Å². The van der Waals surface area contributed by atoms with E-state index in [4.69, 9.17) is 9.47 Å². The van der Waals surface area contributed by atoms with Crippen LogP contribution in [0.25, 0.3) is 0 Å². The molecule has 0 spiro atoms.